The molecule has 0 unspecified atom stereocenters. The second-order valence-electron chi connectivity index (χ2n) is 6.70. The second kappa shape index (κ2) is 12.3. The van der Waals surface area contributed by atoms with Crippen molar-refractivity contribution in [2.24, 2.45) is 0 Å². The van der Waals surface area contributed by atoms with E-state index in [1.54, 1.807) is 30.3 Å². The van der Waals surface area contributed by atoms with E-state index in [1.807, 2.05) is 31.2 Å². The Kier molecular flexibility index (Phi) is 9.40. The van der Waals surface area contributed by atoms with Gasteiger partial charge in [-0.2, -0.15) is 0 Å². The molecule has 0 heterocycles. The SMILES string of the molecule is Cc1ccc(NC(=O)O[C@@H](CCC/C=C/C(=O)O)c2ccc(OCCO)cc2)cc1. The molecule has 7 heteroatoms. The molecule has 160 valence electrons. The molecule has 0 radical (unpaired) electrons. The first-order valence-electron chi connectivity index (χ1n) is 9.75. The van der Waals surface area contributed by atoms with Gasteiger partial charge >= 0.3 is 12.1 Å². The van der Waals surface area contributed by atoms with Crippen LogP contribution < -0.4 is 10.1 Å². The van der Waals surface area contributed by atoms with Crippen LogP contribution in [0, 0.1) is 6.92 Å². The number of rotatable bonds is 11. The van der Waals surface area contributed by atoms with Gasteiger partial charge in [0.25, 0.3) is 0 Å². The molecule has 0 aliphatic heterocycles. The van der Waals surface area contributed by atoms with E-state index < -0.39 is 18.2 Å². The molecule has 2 aromatic rings. The lowest BCUT2D eigenvalue weighted by atomic mass is 10.0. The smallest absolute Gasteiger partial charge is 0.412 e. The maximum atomic E-state index is 12.4. The van der Waals surface area contributed by atoms with Crippen molar-refractivity contribution >= 4 is 17.7 Å². The van der Waals surface area contributed by atoms with Crippen LogP contribution >= 0.6 is 0 Å². The summed E-state index contributed by atoms with van der Waals surface area (Å²) >= 11 is 0. The molecule has 1 amide bonds. The molecule has 0 fully saturated rings. The average Bonchev–Trinajstić information content (AvgIpc) is 2.73. The number of ether oxygens (including phenoxy) is 2. The van der Waals surface area contributed by atoms with E-state index in [9.17, 15) is 9.59 Å². The van der Waals surface area contributed by atoms with Crippen LogP contribution in [-0.4, -0.2) is 35.5 Å². The Morgan fingerprint density at radius 3 is 2.43 bits per heavy atom. The molecule has 0 bridgehead atoms. The molecule has 2 rings (SSSR count). The molecule has 30 heavy (non-hydrogen) atoms. The Morgan fingerprint density at radius 2 is 1.80 bits per heavy atom. The number of aliphatic hydroxyl groups is 1. The summed E-state index contributed by atoms with van der Waals surface area (Å²) in [7, 11) is 0. The Morgan fingerprint density at radius 1 is 1.10 bits per heavy atom. The van der Waals surface area contributed by atoms with Crippen LogP contribution in [-0.2, 0) is 9.53 Å². The number of nitrogens with one attached hydrogen (secondary N) is 1. The van der Waals surface area contributed by atoms with Gasteiger partial charge in [0.1, 0.15) is 18.5 Å². The van der Waals surface area contributed by atoms with E-state index in [1.165, 1.54) is 0 Å². The highest BCUT2D eigenvalue weighted by Gasteiger charge is 2.17. The Labute approximate surface area is 176 Å². The number of carboxylic acids is 1. The van der Waals surface area contributed by atoms with E-state index in [0.717, 1.165) is 17.2 Å². The number of aliphatic hydroxyl groups excluding tert-OH is 1. The predicted octanol–water partition coefficient (Wildman–Crippen LogP) is 4.47. The van der Waals surface area contributed by atoms with Crippen molar-refractivity contribution in [3.05, 3.63) is 71.8 Å². The van der Waals surface area contributed by atoms with Gasteiger partial charge in [0.05, 0.1) is 6.61 Å². The molecule has 3 N–H and O–H groups in total. The minimum atomic E-state index is -0.987. The van der Waals surface area contributed by atoms with Gasteiger partial charge in [-0.15, -0.1) is 0 Å². The summed E-state index contributed by atoms with van der Waals surface area (Å²) in [5, 5.41) is 20.2. The minimum Gasteiger partial charge on any atom is -0.491 e. The van der Waals surface area contributed by atoms with Crippen molar-refractivity contribution in [3.63, 3.8) is 0 Å². The van der Waals surface area contributed by atoms with E-state index >= 15 is 0 Å². The van der Waals surface area contributed by atoms with Crippen molar-refractivity contribution in [3.8, 4) is 5.75 Å². The van der Waals surface area contributed by atoms with Crippen LogP contribution in [0.15, 0.2) is 60.7 Å². The minimum absolute atomic E-state index is 0.0729. The monoisotopic (exact) mass is 413 g/mol. The number of hydrogen-bond acceptors (Lipinski definition) is 5. The Hall–Kier alpha value is -3.32. The Bertz CT molecular complexity index is 830. The summed E-state index contributed by atoms with van der Waals surface area (Å²) in [6, 6.07) is 14.5. The topological polar surface area (TPSA) is 105 Å². The van der Waals surface area contributed by atoms with Crippen LogP contribution in [0.4, 0.5) is 10.5 Å². The molecular formula is C23H27NO6. The van der Waals surface area contributed by atoms with E-state index in [-0.39, 0.29) is 13.2 Å². The van der Waals surface area contributed by atoms with Crippen molar-refractivity contribution in [1.29, 1.82) is 0 Å². The Balaban J connectivity index is 2.02. The van der Waals surface area contributed by atoms with E-state index in [0.29, 0.717) is 30.7 Å². The van der Waals surface area contributed by atoms with Gasteiger partial charge in [0.15, 0.2) is 0 Å². The lowest BCUT2D eigenvalue weighted by molar-refractivity contribution is -0.131. The van der Waals surface area contributed by atoms with Gasteiger partial charge in [-0.1, -0.05) is 35.9 Å². The largest absolute Gasteiger partial charge is 0.491 e. The summed E-state index contributed by atoms with van der Waals surface area (Å²) in [6.07, 6.45) is 3.36. The zero-order valence-electron chi connectivity index (χ0n) is 16.9. The first kappa shape index (κ1) is 23.0. The highest BCUT2D eigenvalue weighted by Crippen LogP contribution is 2.26. The number of carboxylic acid groups (broad SMARTS) is 1. The molecule has 0 spiro atoms. The van der Waals surface area contributed by atoms with Crippen molar-refractivity contribution in [2.75, 3.05) is 18.5 Å². The van der Waals surface area contributed by atoms with Crippen LogP contribution in [0.3, 0.4) is 0 Å². The maximum absolute atomic E-state index is 12.4. The third-order valence-electron chi connectivity index (χ3n) is 4.26. The van der Waals surface area contributed by atoms with E-state index in [4.69, 9.17) is 19.7 Å². The lowest BCUT2D eigenvalue weighted by Crippen LogP contribution is -2.17. The number of allylic oxidation sites excluding steroid dienone is 1. The zero-order valence-corrected chi connectivity index (χ0v) is 16.9. The maximum Gasteiger partial charge on any atom is 0.412 e. The molecule has 2 aromatic carbocycles. The summed E-state index contributed by atoms with van der Waals surface area (Å²) in [5.41, 5.74) is 2.53. The van der Waals surface area contributed by atoms with Crippen molar-refractivity contribution in [1.82, 2.24) is 0 Å². The van der Waals surface area contributed by atoms with Gasteiger partial charge in [0.2, 0.25) is 0 Å². The van der Waals surface area contributed by atoms with Crippen LogP contribution in [0.25, 0.3) is 0 Å². The third-order valence-corrected chi connectivity index (χ3v) is 4.26. The quantitative estimate of drug-likeness (QED) is 0.371. The van der Waals surface area contributed by atoms with Gasteiger partial charge < -0.3 is 19.7 Å². The molecule has 0 aromatic heterocycles. The first-order valence-corrected chi connectivity index (χ1v) is 9.75. The number of anilines is 1. The zero-order chi connectivity index (χ0) is 21.8. The normalized spacial score (nSPS) is 11.8. The van der Waals surface area contributed by atoms with Crippen LogP contribution in [0.1, 0.15) is 36.5 Å². The number of unbranched alkanes of at least 4 members (excludes halogenated alkanes) is 1. The van der Waals surface area contributed by atoms with Gasteiger partial charge in [0, 0.05) is 11.8 Å². The molecule has 7 nitrogen and oxygen atoms in total. The highest BCUT2D eigenvalue weighted by molar-refractivity contribution is 5.84. The first-order chi connectivity index (χ1) is 14.5. The molecular weight excluding hydrogens is 386 g/mol. The van der Waals surface area contributed by atoms with Gasteiger partial charge in [-0.05, 0) is 56.0 Å². The number of amides is 1. The van der Waals surface area contributed by atoms with E-state index in [2.05, 4.69) is 5.32 Å². The van der Waals surface area contributed by atoms with Crippen LogP contribution in [0.2, 0.25) is 0 Å². The number of carbonyl (C=O) groups is 2. The standard InChI is InChI=1S/C23H27NO6/c1-17-7-11-19(12-8-17)24-23(28)30-21(5-3-2-4-6-22(26)27)18-9-13-20(14-10-18)29-16-15-25/h4,6-14,21,25H,2-3,5,15-16H2,1H3,(H,24,28)(H,26,27)/b6-4+/t21-/m0/s1. The highest BCUT2D eigenvalue weighted by atomic mass is 16.6. The number of carbonyl (C=O) groups excluding carboxylic acids is 1. The lowest BCUT2D eigenvalue weighted by Gasteiger charge is -2.19. The second-order valence-corrected chi connectivity index (χ2v) is 6.70. The molecule has 0 aliphatic rings. The van der Waals surface area contributed by atoms with Gasteiger partial charge in [-0.25, -0.2) is 9.59 Å². The molecule has 1 atom stereocenters. The fourth-order valence-electron chi connectivity index (χ4n) is 2.75. The summed E-state index contributed by atoms with van der Waals surface area (Å²) in [5.74, 6) is -0.376. The van der Waals surface area contributed by atoms with Crippen molar-refractivity contribution in [2.45, 2.75) is 32.3 Å². The summed E-state index contributed by atoms with van der Waals surface area (Å²) < 4.78 is 11.0. The fraction of sp³-hybridized carbons (Fsp3) is 0.304. The average molecular weight is 413 g/mol. The number of hydrogen-bond donors (Lipinski definition) is 3. The molecule has 0 aliphatic carbocycles. The summed E-state index contributed by atoms with van der Waals surface area (Å²) in [6.45, 7) is 2.09. The fourth-order valence-corrected chi connectivity index (χ4v) is 2.75. The molecule has 0 saturated heterocycles. The van der Waals surface area contributed by atoms with Gasteiger partial charge in [-0.3, -0.25) is 5.32 Å². The predicted molar refractivity (Wildman–Crippen MR) is 114 cm³/mol. The third kappa shape index (κ3) is 8.36. The van der Waals surface area contributed by atoms with Crippen LogP contribution in [0.5, 0.6) is 5.75 Å². The molecule has 0 saturated carbocycles. The number of aryl methyl sites for hydroxylation is 1. The van der Waals surface area contributed by atoms with Crippen molar-refractivity contribution < 1.29 is 29.3 Å². The number of aliphatic carboxylic acids is 1. The number of benzene rings is 2. The summed E-state index contributed by atoms with van der Waals surface area (Å²) in [4.78, 5) is 23.0.